The first-order chi connectivity index (χ1) is 3.80. The maximum absolute atomic E-state index is 3.43. The van der Waals surface area contributed by atoms with Crippen LogP contribution in [0.3, 0.4) is 0 Å². The van der Waals surface area contributed by atoms with Crippen LogP contribution in [0.25, 0.3) is 0 Å². The van der Waals surface area contributed by atoms with Gasteiger partial charge in [-0.25, -0.2) is 0 Å². The molecule has 0 amide bonds. The van der Waals surface area contributed by atoms with Crippen LogP contribution in [-0.2, 0) is 0 Å². The summed E-state index contributed by atoms with van der Waals surface area (Å²) in [4.78, 5) is 2.42. The first-order valence-electron chi connectivity index (χ1n) is 2.86. The predicted octanol–water partition coefficient (Wildman–Crippen LogP) is -3.13. The number of halogens is 1. The molecule has 0 aromatic heterocycles. The zero-order valence-electron chi connectivity index (χ0n) is 5.32. The second kappa shape index (κ2) is 2.98. The van der Waals surface area contributed by atoms with E-state index in [1.54, 1.807) is 0 Å². The van der Waals surface area contributed by atoms with Gasteiger partial charge in [-0.3, -0.25) is 0 Å². The molecule has 0 aliphatic carbocycles. The van der Waals surface area contributed by atoms with Crippen LogP contribution in [0.2, 0.25) is 0 Å². The summed E-state index contributed by atoms with van der Waals surface area (Å²) in [6.07, 6.45) is 0. The van der Waals surface area contributed by atoms with Crippen molar-refractivity contribution < 1.29 is 21.5 Å². The number of rotatable bonds is 0. The second-order valence-electron chi connectivity index (χ2n) is 2.05. The van der Waals surface area contributed by atoms with E-state index in [0.717, 1.165) is 4.05 Å². The standard InChI is InChI=1S/C5H12IN2/c1-5-6-7-3-4-8(5)2/h5,7H,3-4H2,1-2H3/q-1. The van der Waals surface area contributed by atoms with Gasteiger partial charge in [0, 0.05) is 0 Å². The fourth-order valence-electron chi connectivity index (χ4n) is 0.646. The molecule has 0 aromatic rings. The summed E-state index contributed by atoms with van der Waals surface area (Å²) in [6, 6.07) is 0. The van der Waals surface area contributed by atoms with Gasteiger partial charge in [-0.15, -0.1) is 0 Å². The van der Waals surface area contributed by atoms with Crippen molar-refractivity contribution in [2.24, 2.45) is 0 Å². The summed E-state index contributed by atoms with van der Waals surface area (Å²) < 4.78 is 4.27. The van der Waals surface area contributed by atoms with Crippen LogP contribution >= 0.6 is 0 Å². The van der Waals surface area contributed by atoms with Crippen molar-refractivity contribution in [2.75, 3.05) is 20.1 Å². The molecule has 0 radical (unpaired) electrons. The van der Waals surface area contributed by atoms with Crippen LogP contribution in [-0.4, -0.2) is 29.1 Å². The molecule has 3 heteroatoms. The van der Waals surface area contributed by atoms with E-state index in [-0.39, 0.29) is 21.5 Å². The van der Waals surface area contributed by atoms with E-state index in [1.165, 1.54) is 13.1 Å². The molecule has 0 spiro atoms. The number of alkyl halides is 1. The first kappa shape index (κ1) is 6.77. The molecule has 1 unspecified atom stereocenters. The molecule has 0 bridgehead atoms. The Hall–Kier alpha value is 0.650. The molecule has 0 aromatic carbocycles. The number of likely N-dealkylation sites (N-methyl/N-ethyl adjacent to an activating group) is 1. The van der Waals surface area contributed by atoms with Gasteiger partial charge in [0.05, 0.1) is 0 Å². The van der Waals surface area contributed by atoms with Crippen molar-refractivity contribution in [3.63, 3.8) is 0 Å². The third-order valence-corrected chi connectivity index (χ3v) is 4.23. The van der Waals surface area contributed by atoms with Gasteiger partial charge < -0.3 is 0 Å². The first-order valence-corrected chi connectivity index (χ1v) is 5.18. The molecule has 1 atom stereocenters. The molecule has 1 rings (SSSR count). The number of hydrogen-bond acceptors (Lipinski definition) is 2. The zero-order chi connectivity index (χ0) is 5.98. The Morgan fingerprint density at radius 1 is 1.75 bits per heavy atom. The van der Waals surface area contributed by atoms with Crippen LogP contribution in [0.5, 0.6) is 0 Å². The molecule has 1 fully saturated rings. The molecule has 1 aliphatic heterocycles. The van der Waals surface area contributed by atoms with Gasteiger partial charge in [0.2, 0.25) is 0 Å². The van der Waals surface area contributed by atoms with E-state index in [4.69, 9.17) is 0 Å². The number of nitrogens with one attached hydrogen (secondary N) is 1. The topological polar surface area (TPSA) is 15.3 Å². The van der Waals surface area contributed by atoms with Crippen LogP contribution in [0.1, 0.15) is 6.92 Å². The normalized spacial score (nSPS) is 34.0. The van der Waals surface area contributed by atoms with E-state index in [9.17, 15) is 0 Å². The fraction of sp³-hybridized carbons (Fsp3) is 1.00. The molecule has 1 saturated heterocycles. The quantitative estimate of drug-likeness (QED) is 0.204. The van der Waals surface area contributed by atoms with Gasteiger partial charge >= 0.3 is 61.0 Å². The van der Waals surface area contributed by atoms with Crippen molar-refractivity contribution in [3.8, 4) is 0 Å². The summed E-state index contributed by atoms with van der Waals surface area (Å²) >= 11 is 0.288. The Labute approximate surface area is 61.2 Å². The average Bonchev–Trinajstić information content (AvgIpc) is 1.77. The van der Waals surface area contributed by atoms with Gasteiger partial charge in [-0.2, -0.15) is 0 Å². The van der Waals surface area contributed by atoms with Gasteiger partial charge in [-0.05, 0) is 0 Å². The molecule has 1 N–H and O–H groups in total. The Kier molecular flexibility index (Phi) is 2.52. The van der Waals surface area contributed by atoms with Gasteiger partial charge in [0.1, 0.15) is 0 Å². The molecular formula is C5H12IN2-. The molecular weight excluding hydrogens is 215 g/mol. The molecule has 2 nitrogen and oxygen atoms in total. The van der Waals surface area contributed by atoms with Crippen molar-refractivity contribution >= 4 is 0 Å². The molecule has 0 saturated carbocycles. The van der Waals surface area contributed by atoms with E-state index in [2.05, 4.69) is 22.4 Å². The Balaban J connectivity index is 2.28. The van der Waals surface area contributed by atoms with Gasteiger partial charge in [0.15, 0.2) is 0 Å². The zero-order valence-corrected chi connectivity index (χ0v) is 7.47. The Morgan fingerprint density at radius 2 is 2.50 bits per heavy atom. The number of nitrogens with zero attached hydrogens (tertiary/aromatic N) is 1. The van der Waals surface area contributed by atoms with Crippen molar-refractivity contribution in [3.05, 3.63) is 0 Å². The second-order valence-corrected chi connectivity index (χ2v) is 5.24. The minimum absolute atomic E-state index is 0.288. The SMILES string of the molecule is CC1[I-]NCCN1C. The summed E-state index contributed by atoms with van der Waals surface area (Å²) in [5.41, 5.74) is 0. The fourth-order valence-corrected chi connectivity index (χ4v) is 2.59. The third-order valence-electron chi connectivity index (χ3n) is 1.40. The van der Waals surface area contributed by atoms with Crippen molar-refractivity contribution in [1.29, 1.82) is 0 Å². The average molecular weight is 227 g/mol. The number of hydrogen-bond donors (Lipinski definition) is 1. The van der Waals surface area contributed by atoms with Crippen molar-refractivity contribution in [2.45, 2.75) is 11.0 Å². The van der Waals surface area contributed by atoms with E-state index in [0.29, 0.717) is 0 Å². The van der Waals surface area contributed by atoms with Crippen molar-refractivity contribution in [1.82, 2.24) is 8.43 Å². The molecule has 8 heavy (non-hydrogen) atoms. The van der Waals surface area contributed by atoms with E-state index in [1.807, 2.05) is 0 Å². The third kappa shape index (κ3) is 1.56. The summed E-state index contributed by atoms with van der Waals surface area (Å²) in [7, 11) is 2.20. The minimum atomic E-state index is 0.288. The maximum atomic E-state index is 3.43. The monoisotopic (exact) mass is 227 g/mol. The van der Waals surface area contributed by atoms with Crippen LogP contribution in [0, 0.1) is 0 Å². The summed E-state index contributed by atoms with van der Waals surface area (Å²) in [5.74, 6) is 0. The predicted molar refractivity (Wildman–Crippen MR) is 30.1 cm³/mol. The van der Waals surface area contributed by atoms with Crippen LogP contribution in [0.15, 0.2) is 0 Å². The van der Waals surface area contributed by atoms with E-state index < -0.39 is 0 Å². The Bertz CT molecular complexity index is 66.8. The Morgan fingerprint density at radius 3 is 2.88 bits per heavy atom. The summed E-state index contributed by atoms with van der Waals surface area (Å²) in [6.45, 7) is 4.72. The van der Waals surface area contributed by atoms with Gasteiger partial charge in [-0.1, -0.05) is 0 Å². The van der Waals surface area contributed by atoms with Crippen LogP contribution in [0.4, 0.5) is 0 Å². The van der Waals surface area contributed by atoms with Crippen LogP contribution < -0.4 is 25.0 Å². The van der Waals surface area contributed by atoms with Gasteiger partial charge in [0.25, 0.3) is 0 Å². The molecule has 1 heterocycles. The molecule has 1 aliphatic rings. The summed E-state index contributed by atoms with van der Waals surface area (Å²) in [5, 5.41) is 0. The molecule has 50 valence electrons. The van der Waals surface area contributed by atoms with E-state index >= 15 is 0 Å².